The molecule has 29 heavy (non-hydrogen) atoms. The molecule has 0 fully saturated rings. The van der Waals surface area contributed by atoms with Crippen LogP contribution in [0.2, 0.25) is 0 Å². The molecule has 2 atom stereocenters. The van der Waals surface area contributed by atoms with Gasteiger partial charge in [-0.15, -0.1) is 0 Å². The number of rotatable bonds is 21. The second kappa shape index (κ2) is 22.7. The molecule has 0 aliphatic heterocycles. The number of hydrogen-bond acceptors (Lipinski definition) is 4. The molecule has 0 rings (SSSR count). The predicted molar refractivity (Wildman–Crippen MR) is 119 cm³/mol. The Bertz CT molecular complexity index is 429. The first-order valence-corrected chi connectivity index (χ1v) is 13.5. The zero-order valence-electron chi connectivity index (χ0n) is 19.7. The van der Waals surface area contributed by atoms with E-state index in [0.717, 1.165) is 57.8 Å². The van der Waals surface area contributed by atoms with Crippen molar-refractivity contribution >= 4 is 10.1 Å². The summed E-state index contributed by atoms with van der Waals surface area (Å²) in [4.78, 5) is 0. The molecule has 0 radical (unpaired) electrons. The van der Waals surface area contributed by atoms with Gasteiger partial charge in [0.2, 0.25) is 0 Å². The summed E-state index contributed by atoms with van der Waals surface area (Å²) in [7, 11) is -4.19. The molecule has 170 valence electrons. The standard InChI is InChI=1S/C23H48O4S.K/c1-3-5-7-9-11-14-18-22(24)19-15-13-17-21-23(28(25,26)27)20-16-12-10-8-6-4-2;/h22-24H,3-21H2,1-2H3,(H,25,26,27);/q;+1/p-1. The van der Waals surface area contributed by atoms with Crippen LogP contribution in [0.5, 0.6) is 0 Å². The Morgan fingerprint density at radius 2 is 0.931 bits per heavy atom. The van der Waals surface area contributed by atoms with Gasteiger partial charge in [0.25, 0.3) is 0 Å². The van der Waals surface area contributed by atoms with Gasteiger partial charge in [-0.3, -0.25) is 0 Å². The van der Waals surface area contributed by atoms with Gasteiger partial charge in [-0.05, 0) is 25.7 Å². The normalized spacial score (nSPS) is 13.8. The van der Waals surface area contributed by atoms with Crippen LogP contribution in [0.15, 0.2) is 0 Å². The third-order valence-corrected chi connectivity index (χ3v) is 7.03. The van der Waals surface area contributed by atoms with Gasteiger partial charge in [0.15, 0.2) is 0 Å². The molecule has 0 heterocycles. The van der Waals surface area contributed by atoms with Gasteiger partial charge in [-0.1, -0.05) is 110 Å². The summed E-state index contributed by atoms with van der Waals surface area (Å²) >= 11 is 0. The monoisotopic (exact) mass is 458 g/mol. The van der Waals surface area contributed by atoms with Gasteiger partial charge in [0.05, 0.1) is 16.2 Å². The van der Waals surface area contributed by atoms with E-state index in [2.05, 4.69) is 13.8 Å². The average molecular weight is 459 g/mol. The molecule has 0 aliphatic carbocycles. The number of aliphatic hydroxyl groups is 1. The minimum atomic E-state index is -4.19. The van der Waals surface area contributed by atoms with Crippen molar-refractivity contribution in [2.75, 3.05) is 0 Å². The molecular formula is C23H47KO4S. The zero-order valence-corrected chi connectivity index (χ0v) is 23.6. The molecule has 0 spiro atoms. The molecular weight excluding hydrogens is 411 g/mol. The molecule has 0 amide bonds. The number of unbranched alkanes of at least 4 members (excludes halogenated alkanes) is 12. The second-order valence-electron chi connectivity index (χ2n) is 8.52. The van der Waals surface area contributed by atoms with Crippen LogP contribution in [-0.4, -0.2) is 29.4 Å². The molecule has 4 nitrogen and oxygen atoms in total. The maximum atomic E-state index is 11.5. The third-order valence-electron chi connectivity index (χ3n) is 5.74. The van der Waals surface area contributed by atoms with Crippen LogP contribution < -0.4 is 51.4 Å². The van der Waals surface area contributed by atoms with Crippen molar-refractivity contribution in [1.29, 1.82) is 0 Å². The number of hydrogen-bond donors (Lipinski definition) is 1. The van der Waals surface area contributed by atoms with E-state index in [-0.39, 0.29) is 57.5 Å². The summed E-state index contributed by atoms with van der Waals surface area (Å²) in [6, 6.07) is 0. The van der Waals surface area contributed by atoms with Crippen LogP contribution in [-0.2, 0) is 10.1 Å². The summed E-state index contributed by atoms with van der Waals surface area (Å²) in [6.07, 6.45) is 19.1. The number of aliphatic hydroxyl groups excluding tert-OH is 1. The van der Waals surface area contributed by atoms with Crippen molar-refractivity contribution in [2.24, 2.45) is 0 Å². The van der Waals surface area contributed by atoms with E-state index >= 15 is 0 Å². The van der Waals surface area contributed by atoms with E-state index in [1.165, 1.54) is 51.4 Å². The van der Waals surface area contributed by atoms with Crippen molar-refractivity contribution in [3.05, 3.63) is 0 Å². The van der Waals surface area contributed by atoms with Gasteiger partial charge in [0, 0.05) is 5.25 Å². The van der Waals surface area contributed by atoms with E-state index in [1.54, 1.807) is 0 Å². The Morgan fingerprint density at radius 1 is 0.621 bits per heavy atom. The Hall–Kier alpha value is 1.51. The van der Waals surface area contributed by atoms with Crippen LogP contribution in [0.4, 0.5) is 0 Å². The van der Waals surface area contributed by atoms with E-state index in [1.807, 2.05) is 0 Å². The Labute approximate surface area is 224 Å². The summed E-state index contributed by atoms with van der Waals surface area (Å²) in [5.41, 5.74) is 0. The van der Waals surface area contributed by atoms with E-state index in [4.69, 9.17) is 0 Å². The van der Waals surface area contributed by atoms with Gasteiger partial charge in [-0.2, -0.15) is 0 Å². The van der Waals surface area contributed by atoms with Crippen LogP contribution in [0.1, 0.15) is 136 Å². The fourth-order valence-electron chi connectivity index (χ4n) is 3.82. The maximum absolute atomic E-state index is 11.5. The summed E-state index contributed by atoms with van der Waals surface area (Å²) < 4.78 is 34.5. The SMILES string of the molecule is CCCCCCCCC(O)CCCCCC(CCCCCCCC)S(=O)(=O)[O-].[K+]. The molecule has 1 N–H and O–H groups in total. The summed E-state index contributed by atoms with van der Waals surface area (Å²) in [5, 5.41) is 9.33. The topological polar surface area (TPSA) is 77.4 Å². The van der Waals surface area contributed by atoms with E-state index in [0.29, 0.717) is 12.8 Å². The average Bonchev–Trinajstić information content (AvgIpc) is 2.64. The minimum absolute atomic E-state index is 0. The molecule has 6 heteroatoms. The summed E-state index contributed by atoms with van der Waals surface area (Å²) in [5.74, 6) is 0. The first-order chi connectivity index (χ1) is 13.4. The molecule has 0 saturated carbocycles. The molecule has 0 aliphatic rings. The Kier molecular flexibility index (Phi) is 25.6. The minimum Gasteiger partial charge on any atom is -0.748 e. The van der Waals surface area contributed by atoms with Crippen molar-refractivity contribution in [3.63, 3.8) is 0 Å². The Balaban J connectivity index is 0. The van der Waals surface area contributed by atoms with Gasteiger partial charge < -0.3 is 9.66 Å². The molecule has 2 unspecified atom stereocenters. The van der Waals surface area contributed by atoms with Crippen LogP contribution in [0.3, 0.4) is 0 Å². The smallest absolute Gasteiger partial charge is 0.748 e. The predicted octanol–water partition coefficient (Wildman–Crippen LogP) is 3.72. The quantitative estimate of drug-likeness (QED) is 0.162. The van der Waals surface area contributed by atoms with E-state index < -0.39 is 15.4 Å². The van der Waals surface area contributed by atoms with Gasteiger partial charge >= 0.3 is 51.4 Å². The molecule has 0 bridgehead atoms. The van der Waals surface area contributed by atoms with E-state index in [9.17, 15) is 18.1 Å². The fraction of sp³-hybridized carbons (Fsp3) is 1.00. The Morgan fingerprint density at radius 3 is 1.31 bits per heavy atom. The van der Waals surface area contributed by atoms with Crippen LogP contribution in [0, 0.1) is 0 Å². The largest absolute Gasteiger partial charge is 1.00 e. The van der Waals surface area contributed by atoms with Crippen molar-refractivity contribution < 1.29 is 69.5 Å². The molecule has 0 aromatic carbocycles. The maximum Gasteiger partial charge on any atom is 1.00 e. The van der Waals surface area contributed by atoms with Crippen molar-refractivity contribution in [1.82, 2.24) is 0 Å². The molecule has 0 aromatic heterocycles. The second-order valence-corrected chi connectivity index (χ2v) is 10.2. The molecule has 0 saturated heterocycles. The van der Waals surface area contributed by atoms with Gasteiger partial charge in [-0.25, -0.2) is 8.42 Å². The third kappa shape index (κ3) is 22.5. The summed E-state index contributed by atoms with van der Waals surface area (Å²) in [6.45, 7) is 4.39. The van der Waals surface area contributed by atoms with Crippen molar-refractivity contribution in [2.45, 2.75) is 147 Å². The van der Waals surface area contributed by atoms with Crippen LogP contribution in [0.25, 0.3) is 0 Å². The van der Waals surface area contributed by atoms with Crippen LogP contribution >= 0.6 is 0 Å². The fourth-order valence-corrected chi connectivity index (χ4v) is 4.73. The zero-order chi connectivity index (χ0) is 21.1. The molecule has 0 aromatic rings. The first-order valence-electron chi connectivity index (χ1n) is 12.0. The first kappa shape index (κ1) is 32.7. The van der Waals surface area contributed by atoms with Crippen molar-refractivity contribution in [3.8, 4) is 0 Å². The van der Waals surface area contributed by atoms with Gasteiger partial charge in [0.1, 0.15) is 0 Å².